The molecule has 0 radical (unpaired) electrons. The van der Waals surface area contributed by atoms with Crippen molar-refractivity contribution in [1.29, 1.82) is 0 Å². The summed E-state index contributed by atoms with van der Waals surface area (Å²) in [6.07, 6.45) is 2.07. The third kappa shape index (κ3) is 3.50. The predicted molar refractivity (Wildman–Crippen MR) is 83.7 cm³/mol. The molecule has 2 atom stereocenters. The summed E-state index contributed by atoms with van der Waals surface area (Å²) in [6.45, 7) is 4.11. The molecule has 1 aliphatic heterocycles. The maximum absolute atomic E-state index is 9.67. The molecule has 4 heteroatoms. The van der Waals surface area contributed by atoms with Gasteiger partial charge in [0.15, 0.2) is 0 Å². The summed E-state index contributed by atoms with van der Waals surface area (Å²) in [7, 11) is 4.35. The molecule has 3 nitrogen and oxygen atoms in total. The van der Waals surface area contributed by atoms with Crippen LogP contribution in [-0.4, -0.2) is 43.2 Å². The van der Waals surface area contributed by atoms with Crippen molar-refractivity contribution in [2.75, 3.05) is 32.1 Å². The van der Waals surface area contributed by atoms with Crippen molar-refractivity contribution < 1.29 is 5.11 Å². The minimum atomic E-state index is -0.436. The Morgan fingerprint density at radius 3 is 2.79 bits per heavy atom. The Hall–Kier alpha value is -0.580. The Kier molecular flexibility index (Phi) is 4.87. The number of benzene rings is 1. The van der Waals surface area contributed by atoms with E-state index in [4.69, 9.17) is 0 Å². The van der Waals surface area contributed by atoms with Gasteiger partial charge < -0.3 is 14.9 Å². The topological polar surface area (TPSA) is 26.7 Å². The number of anilines is 1. The lowest BCUT2D eigenvalue weighted by molar-refractivity contribution is 0.198. The fourth-order valence-electron chi connectivity index (χ4n) is 2.74. The van der Waals surface area contributed by atoms with E-state index >= 15 is 0 Å². The van der Waals surface area contributed by atoms with Gasteiger partial charge in [-0.15, -0.1) is 0 Å². The molecule has 2 rings (SSSR count). The van der Waals surface area contributed by atoms with E-state index in [0.717, 1.165) is 16.6 Å². The van der Waals surface area contributed by atoms with Crippen molar-refractivity contribution in [2.24, 2.45) is 0 Å². The number of aliphatic hydroxyl groups is 1. The zero-order chi connectivity index (χ0) is 14.0. The van der Waals surface area contributed by atoms with E-state index < -0.39 is 6.10 Å². The molecule has 1 N–H and O–H groups in total. The van der Waals surface area contributed by atoms with Gasteiger partial charge in [0.1, 0.15) is 0 Å². The Morgan fingerprint density at radius 2 is 2.21 bits per heavy atom. The van der Waals surface area contributed by atoms with Crippen molar-refractivity contribution in [2.45, 2.75) is 31.9 Å². The number of likely N-dealkylation sites (tertiary alicyclic amines) is 1. The van der Waals surface area contributed by atoms with E-state index in [0.29, 0.717) is 6.04 Å². The Morgan fingerprint density at radius 1 is 1.47 bits per heavy atom. The first-order valence-electron chi connectivity index (χ1n) is 6.88. The van der Waals surface area contributed by atoms with E-state index in [9.17, 15) is 5.11 Å². The average molecular weight is 327 g/mol. The summed E-state index contributed by atoms with van der Waals surface area (Å²) >= 11 is 3.55. The molecule has 0 saturated carbocycles. The van der Waals surface area contributed by atoms with Crippen molar-refractivity contribution in [3.05, 3.63) is 28.2 Å². The molecule has 1 aliphatic rings. The smallest absolute Gasteiger partial charge is 0.0772 e. The van der Waals surface area contributed by atoms with Crippen LogP contribution >= 0.6 is 15.9 Å². The van der Waals surface area contributed by atoms with E-state index in [1.807, 2.05) is 6.07 Å². The van der Waals surface area contributed by atoms with Crippen LogP contribution in [0.15, 0.2) is 22.7 Å². The molecule has 106 valence electrons. The molecule has 1 fully saturated rings. The first-order valence-corrected chi connectivity index (χ1v) is 7.67. The van der Waals surface area contributed by atoms with Gasteiger partial charge in [-0.2, -0.15) is 0 Å². The lowest BCUT2D eigenvalue weighted by Crippen LogP contribution is -2.45. The summed E-state index contributed by atoms with van der Waals surface area (Å²) in [5.41, 5.74) is 2.15. The van der Waals surface area contributed by atoms with Crippen molar-refractivity contribution in [3.63, 3.8) is 0 Å². The minimum absolute atomic E-state index is 0.436. The third-order valence-electron chi connectivity index (χ3n) is 3.99. The molecule has 19 heavy (non-hydrogen) atoms. The number of rotatable bonds is 3. The number of nitrogens with zero attached hydrogens (tertiary/aromatic N) is 2. The molecule has 0 amide bonds. The Labute approximate surface area is 124 Å². The second-order valence-electron chi connectivity index (χ2n) is 5.55. The van der Waals surface area contributed by atoms with Crippen molar-refractivity contribution in [3.8, 4) is 0 Å². The number of piperidine rings is 1. The van der Waals surface area contributed by atoms with Gasteiger partial charge in [-0.25, -0.2) is 0 Å². The second-order valence-corrected chi connectivity index (χ2v) is 6.41. The van der Waals surface area contributed by atoms with Crippen LogP contribution in [0.5, 0.6) is 0 Å². The maximum atomic E-state index is 9.67. The maximum Gasteiger partial charge on any atom is 0.0772 e. The van der Waals surface area contributed by atoms with Crippen LogP contribution in [0.4, 0.5) is 5.69 Å². The molecule has 1 heterocycles. The van der Waals surface area contributed by atoms with Gasteiger partial charge in [0, 0.05) is 29.8 Å². The quantitative estimate of drug-likeness (QED) is 0.924. The molecular weight excluding hydrogens is 304 g/mol. The molecule has 0 spiro atoms. The van der Waals surface area contributed by atoms with Gasteiger partial charge in [-0.3, -0.25) is 0 Å². The fraction of sp³-hybridized carbons (Fsp3) is 0.600. The SMILES string of the molecule is C[C@@H](O)c1ccc(N(C)C2CCCN(C)C2)cc1Br. The van der Waals surface area contributed by atoms with Crippen LogP contribution in [0.3, 0.4) is 0 Å². The van der Waals surface area contributed by atoms with Crippen molar-refractivity contribution in [1.82, 2.24) is 4.90 Å². The van der Waals surface area contributed by atoms with Crippen LogP contribution in [0, 0.1) is 0 Å². The molecule has 1 saturated heterocycles. The zero-order valence-electron chi connectivity index (χ0n) is 11.9. The summed E-state index contributed by atoms with van der Waals surface area (Å²) in [5.74, 6) is 0. The fourth-order valence-corrected chi connectivity index (χ4v) is 3.44. The molecular formula is C15H23BrN2O. The van der Waals surface area contributed by atoms with Crippen molar-refractivity contribution >= 4 is 21.6 Å². The van der Waals surface area contributed by atoms with E-state index in [1.54, 1.807) is 6.92 Å². The number of hydrogen-bond acceptors (Lipinski definition) is 3. The van der Waals surface area contributed by atoms with E-state index in [-0.39, 0.29) is 0 Å². The minimum Gasteiger partial charge on any atom is -0.389 e. The van der Waals surface area contributed by atoms with Crippen LogP contribution in [0.2, 0.25) is 0 Å². The van der Waals surface area contributed by atoms with Gasteiger partial charge in [-0.05, 0) is 51.1 Å². The van der Waals surface area contributed by atoms with Gasteiger partial charge in [0.25, 0.3) is 0 Å². The Bertz CT molecular complexity index is 436. The van der Waals surface area contributed by atoms with Crippen LogP contribution in [0.1, 0.15) is 31.4 Å². The largest absolute Gasteiger partial charge is 0.389 e. The summed E-state index contributed by atoms with van der Waals surface area (Å²) < 4.78 is 0.982. The van der Waals surface area contributed by atoms with E-state index in [2.05, 4.69) is 52.0 Å². The van der Waals surface area contributed by atoms with Crippen LogP contribution in [-0.2, 0) is 0 Å². The summed E-state index contributed by atoms with van der Waals surface area (Å²) in [5, 5.41) is 9.67. The summed E-state index contributed by atoms with van der Waals surface area (Å²) in [6, 6.07) is 6.79. The van der Waals surface area contributed by atoms with Gasteiger partial charge in [0.2, 0.25) is 0 Å². The normalized spacial score (nSPS) is 22.3. The highest BCUT2D eigenvalue weighted by molar-refractivity contribution is 9.10. The number of aliphatic hydroxyl groups excluding tert-OH is 1. The number of hydrogen-bond donors (Lipinski definition) is 1. The summed E-state index contributed by atoms with van der Waals surface area (Å²) in [4.78, 5) is 4.75. The average Bonchev–Trinajstić information content (AvgIpc) is 2.37. The highest BCUT2D eigenvalue weighted by atomic mass is 79.9. The first kappa shape index (κ1) is 14.8. The highest BCUT2D eigenvalue weighted by Gasteiger charge is 2.21. The first-order chi connectivity index (χ1) is 8.99. The Balaban J connectivity index is 2.15. The molecule has 0 aromatic heterocycles. The number of halogens is 1. The molecule has 0 aliphatic carbocycles. The predicted octanol–water partition coefficient (Wildman–Crippen LogP) is 3.03. The number of likely N-dealkylation sites (N-methyl/N-ethyl adjacent to an activating group) is 2. The lowest BCUT2D eigenvalue weighted by Gasteiger charge is -2.37. The van der Waals surface area contributed by atoms with Gasteiger partial charge >= 0.3 is 0 Å². The van der Waals surface area contributed by atoms with Crippen LogP contribution in [0.25, 0.3) is 0 Å². The molecule has 1 aromatic rings. The molecule has 0 bridgehead atoms. The molecule has 1 unspecified atom stereocenters. The third-order valence-corrected chi connectivity index (χ3v) is 4.68. The monoisotopic (exact) mass is 326 g/mol. The highest BCUT2D eigenvalue weighted by Crippen LogP contribution is 2.29. The lowest BCUT2D eigenvalue weighted by atomic mass is 10.0. The zero-order valence-corrected chi connectivity index (χ0v) is 13.5. The van der Waals surface area contributed by atoms with E-state index in [1.165, 1.54) is 25.1 Å². The van der Waals surface area contributed by atoms with Gasteiger partial charge in [0.05, 0.1) is 6.10 Å². The standard InChI is InChI=1S/C15H23BrN2O/c1-11(19)14-7-6-12(9-15(14)16)18(3)13-5-4-8-17(2)10-13/h6-7,9,11,13,19H,4-5,8,10H2,1-3H3/t11-,13?/m1/s1. The van der Waals surface area contributed by atoms with Crippen LogP contribution < -0.4 is 4.90 Å². The molecule has 1 aromatic carbocycles. The second kappa shape index (κ2) is 6.25. The van der Waals surface area contributed by atoms with Gasteiger partial charge in [-0.1, -0.05) is 22.0 Å².